The first-order valence-corrected chi connectivity index (χ1v) is 44.2. The van der Waals surface area contributed by atoms with Crippen molar-refractivity contribution in [1.82, 2.24) is 0 Å². The molecule has 0 fully saturated rings. The number of hydrogen-bond donors (Lipinski definition) is 3. The van der Waals surface area contributed by atoms with Gasteiger partial charge in [-0.05, 0) is 31.6 Å². The minimum Gasteiger partial charge on any atom is -0.462 e. The molecule has 0 saturated carbocycles. The van der Waals surface area contributed by atoms with Crippen molar-refractivity contribution >= 4 is 39.5 Å². The summed E-state index contributed by atoms with van der Waals surface area (Å²) in [5, 5.41) is 10.6. The standard InChI is InChI=1S/C79H154O17P2/c1-6-10-13-16-19-22-24-26-35-38-43-48-53-58-63-77(82)90-69-75(96-79(84)65-60-55-50-45-40-36-32-30-28-27-29-31-34-37-42-46-51-56-61-72(5)9-4)71-94-98(87,88)92-67-73(80)66-91-97(85,86)93-70-74(68-89-76(81)62-57-52-47-41-21-18-15-12-8-3)95-78(83)64-59-54-49-44-39-33-25-23-20-17-14-11-7-2/h72-75,80H,6-71H2,1-5H3,(H,85,86)(H,87,88)/t72?,73-,74+,75+/m0/s1. The molecule has 0 heterocycles. The average molecular weight is 1440 g/mol. The number of ether oxygens (including phenoxy) is 4. The van der Waals surface area contributed by atoms with Gasteiger partial charge >= 0.3 is 39.5 Å². The van der Waals surface area contributed by atoms with Crippen LogP contribution in [-0.4, -0.2) is 96.7 Å². The topological polar surface area (TPSA) is 237 Å². The molecule has 0 spiro atoms. The van der Waals surface area contributed by atoms with Gasteiger partial charge in [-0.25, -0.2) is 9.13 Å². The van der Waals surface area contributed by atoms with Gasteiger partial charge in [-0.15, -0.1) is 0 Å². The van der Waals surface area contributed by atoms with Crippen LogP contribution < -0.4 is 0 Å². The molecule has 0 amide bonds. The van der Waals surface area contributed by atoms with Crippen LogP contribution in [0.4, 0.5) is 0 Å². The fourth-order valence-corrected chi connectivity index (χ4v) is 13.8. The van der Waals surface area contributed by atoms with Gasteiger partial charge in [0.2, 0.25) is 0 Å². The Bertz CT molecular complexity index is 1880. The Labute approximate surface area is 600 Å². The van der Waals surface area contributed by atoms with Crippen LogP contribution in [0.5, 0.6) is 0 Å². The molecule has 0 bridgehead atoms. The molecule has 0 aromatic carbocycles. The SMILES string of the molecule is CCCCCCCCCCCCCCCCC(=O)OC[C@H](COP(=O)(O)OC[C@@H](O)COP(=O)(O)OC[C@@H](COC(=O)CCCCCCCCCCC)OC(=O)CCCCCCCCCCCCCCC)OC(=O)CCCCCCCCCCCCCCCCCCCCC(C)CC. The molecule has 0 radical (unpaired) electrons. The van der Waals surface area contributed by atoms with E-state index in [1.165, 1.54) is 244 Å². The minimum atomic E-state index is -4.96. The summed E-state index contributed by atoms with van der Waals surface area (Å²) >= 11 is 0. The molecule has 0 aromatic heterocycles. The smallest absolute Gasteiger partial charge is 0.462 e. The van der Waals surface area contributed by atoms with Gasteiger partial charge in [-0.2, -0.15) is 0 Å². The molecule has 6 atom stereocenters. The normalized spacial score (nSPS) is 14.2. The highest BCUT2D eigenvalue weighted by atomic mass is 31.2. The summed E-state index contributed by atoms with van der Waals surface area (Å²) in [6.45, 7) is 7.37. The fraction of sp³-hybridized carbons (Fsp3) is 0.949. The Kier molecular flexibility index (Phi) is 70.6. The Hall–Kier alpha value is -1.94. The molecule has 0 aliphatic rings. The van der Waals surface area contributed by atoms with E-state index in [9.17, 15) is 43.2 Å². The number of aliphatic hydroxyl groups is 1. The Balaban J connectivity index is 5.18. The molecule has 3 N–H and O–H groups in total. The van der Waals surface area contributed by atoms with E-state index < -0.39 is 97.5 Å². The maximum absolute atomic E-state index is 13.1. The van der Waals surface area contributed by atoms with Crippen LogP contribution in [0.15, 0.2) is 0 Å². The molecular weight excluding hydrogens is 1280 g/mol. The fourth-order valence-electron chi connectivity index (χ4n) is 12.2. The Morgan fingerprint density at radius 1 is 0.286 bits per heavy atom. The highest BCUT2D eigenvalue weighted by Gasteiger charge is 2.30. The van der Waals surface area contributed by atoms with Crippen LogP contribution in [0.1, 0.15) is 420 Å². The molecule has 19 heteroatoms. The van der Waals surface area contributed by atoms with Crippen LogP contribution in [0.3, 0.4) is 0 Å². The van der Waals surface area contributed by atoms with Crippen molar-refractivity contribution in [3.63, 3.8) is 0 Å². The summed E-state index contributed by atoms with van der Waals surface area (Å²) in [7, 11) is -9.91. The lowest BCUT2D eigenvalue weighted by Gasteiger charge is -2.21. The first-order valence-electron chi connectivity index (χ1n) is 41.2. The van der Waals surface area contributed by atoms with Crippen molar-refractivity contribution in [3.05, 3.63) is 0 Å². The molecule has 98 heavy (non-hydrogen) atoms. The van der Waals surface area contributed by atoms with Gasteiger partial charge in [-0.3, -0.25) is 37.3 Å². The van der Waals surface area contributed by atoms with Crippen LogP contribution in [0.2, 0.25) is 0 Å². The maximum Gasteiger partial charge on any atom is 0.472 e. The predicted octanol–water partition coefficient (Wildman–Crippen LogP) is 23.6. The summed E-state index contributed by atoms with van der Waals surface area (Å²) in [6, 6.07) is 0. The monoisotopic (exact) mass is 1440 g/mol. The van der Waals surface area contributed by atoms with E-state index in [4.69, 9.17) is 37.0 Å². The number of rotatable bonds is 79. The van der Waals surface area contributed by atoms with Crippen molar-refractivity contribution in [2.75, 3.05) is 39.6 Å². The lowest BCUT2D eigenvalue weighted by molar-refractivity contribution is -0.161. The van der Waals surface area contributed by atoms with Crippen LogP contribution in [0, 0.1) is 5.92 Å². The summed E-state index contributed by atoms with van der Waals surface area (Å²) in [5.41, 5.74) is 0. The zero-order chi connectivity index (χ0) is 71.9. The summed E-state index contributed by atoms with van der Waals surface area (Å²) in [5.74, 6) is -1.24. The molecule has 0 saturated heterocycles. The molecule has 3 unspecified atom stereocenters. The average Bonchev–Trinajstić information content (AvgIpc) is 1.02. The van der Waals surface area contributed by atoms with Gasteiger partial charge in [0.05, 0.1) is 26.4 Å². The van der Waals surface area contributed by atoms with Gasteiger partial charge in [0.25, 0.3) is 0 Å². The van der Waals surface area contributed by atoms with E-state index in [1.54, 1.807) is 0 Å². The van der Waals surface area contributed by atoms with E-state index in [0.717, 1.165) is 95.8 Å². The van der Waals surface area contributed by atoms with Crippen molar-refractivity contribution < 1.29 is 80.2 Å². The third kappa shape index (κ3) is 71.1. The highest BCUT2D eigenvalue weighted by molar-refractivity contribution is 7.47. The van der Waals surface area contributed by atoms with Gasteiger partial charge in [-0.1, -0.05) is 369 Å². The maximum atomic E-state index is 13.1. The highest BCUT2D eigenvalue weighted by Crippen LogP contribution is 2.45. The lowest BCUT2D eigenvalue weighted by atomic mass is 9.99. The van der Waals surface area contributed by atoms with Gasteiger partial charge in [0.1, 0.15) is 19.3 Å². The molecular formula is C79H154O17P2. The summed E-state index contributed by atoms with van der Waals surface area (Å²) in [6.07, 6.45) is 62.3. The van der Waals surface area contributed by atoms with E-state index in [1.807, 2.05) is 0 Å². The second kappa shape index (κ2) is 72.0. The zero-order valence-electron chi connectivity index (χ0n) is 63.9. The predicted molar refractivity (Wildman–Crippen MR) is 400 cm³/mol. The van der Waals surface area contributed by atoms with Gasteiger partial charge in [0.15, 0.2) is 12.2 Å². The molecule has 0 aromatic rings. The molecule has 0 aliphatic carbocycles. The van der Waals surface area contributed by atoms with Crippen LogP contribution in [0.25, 0.3) is 0 Å². The quantitative estimate of drug-likeness (QED) is 0.0222. The first-order chi connectivity index (χ1) is 47.6. The third-order valence-electron chi connectivity index (χ3n) is 18.9. The number of phosphoric acid groups is 2. The molecule has 0 aliphatic heterocycles. The minimum absolute atomic E-state index is 0.108. The zero-order valence-corrected chi connectivity index (χ0v) is 65.7. The number of aliphatic hydroxyl groups excluding tert-OH is 1. The third-order valence-corrected chi connectivity index (χ3v) is 20.8. The van der Waals surface area contributed by atoms with Crippen LogP contribution in [-0.2, 0) is 65.4 Å². The largest absolute Gasteiger partial charge is 0.472 e. The molecule has 17 nitrogen and oxygen atoms in total. The molecule has 582 valence electrons. The van der Waals surface area contributed by atoms with Crippen molar-refractivity contribution in [1.29, 1.82) is 0 Å². The second-order valence-corrected chi connectivity index (χ2v) is 31.6. The second-order valence-electron chi connectivity index (χ2n) is 28.7. The van der Waals surface area contributed by atoms with Crippen molar-refractivity contribution in [2.24, 2.45) is 5.92 Å². The number of carbonyl (C=O) groups is 4. The lowest BCUT2D eigenvalue weighted by Crippen LogP contribution is -2.30. The van der Waals surface area contributed by atoms with Crippen LogP contribution >= 0.6 is 15.6 Å². The number of esters is 4. The van der Waals surface area contributed by atoms with E-state index in [-0.39, 0.29) is 25.7 Å². The summed E-state index contributed by atoms with van der Waals surface area (Å²) < 4.78 is 68.6. The number of phosphoric ester groups is 2. The number of hydrogen-bond acceptors (Lipinski definition) is 15. The Morgan fingerprint density at radius 3 is 0.724 bits per heavy atom. The van der Waals surface area contributed by atoms with E-state index in [0.29, 0.717) is 25.7 Å². The van der Waals surface area contributed by atoms with Crippen molar-refractivity contribution in [3.8, 4) is 0 Å². The number of carbonyl (C=O) groups excluding carboxylic acids is 4. The first kappa shape index (κ1) is 96.1. The van der Waals surface area contributed by atoms with E-state index in [2.05, 4.69) is 34.6 Å². The summed E-state index contributed by atoms with van der Waals surface area (Å²) in [4.78, 5) is 72.9. The van der Waals surface area contributed by atoms with Crippen molar-refractivity contribution in [2.45, 2.75) is 438 Å². The van der Waals surface area contributed by atoms with Gasteiger partial charge in [0, 0.05) is 25.7 Å². The van der Waals surface area contributed by atoms with Gasteiger partial charge < -0.3 is 33.8 Å². The Morgan fingerprint density at radius 2 is 0.490 bits per heavy atom. The molecule has 0 rings (SSSR count). The van der Waals surface area contributed by atoms with E-state index >= 15 is 0 Å². The number of unbranched alkanes of at least 4 members (excludes halogenated alkanes) is 50.